The number of nitrogens with one attached hydrogen (secondary N) is 2. The van der Waals surface area contributed by atoms with Gasteiger partial charge in [0.25, 0.3) is 5.91 Å². The minimum atomic E-state index is -0.157. The highest BCUT2D eigenvalue weighted by Gasteiger charge is 2.21. The van der Waals surface area contributed by atoms with Crippen LogP contribution >= 0.6 is 0 Å². The summed E-state index contributed by atoms with van der Waals surface area (Å²) in [5.41, 5.74) is 7.47. The van der Waals surface area contributed by atoms with E-state index in [0.717, 1.165) is 65.1 Å². The van der Waals surface area contributed by atoms with E-state index >= 15 is 0 Å². The SMILES string of the molecule is Cc1cccn2cc(-c3ccc(NC(=O)c4n[nH]c5c4CCCC5)cc3)nc12. The van der Waals surface area contributed by atoms with E-state index in [1.54, 1.807) is 0 Å². The summed E-state index contributed by atoms with van der Waals surface area (Å²) >= 11 is 0. The van der Waals surface area contributed by atoms with Crippen LogP contribution in [0.2, 0.25) is 0 Å². The fourth-order valence-corrected chi connectivity index (χ4v) is 3.88. The Morgan fingerprint density at radius 2 is 1.96 bits per heavy atom. The first-order chi connectivity index (χ1) is 13.7. The molecule has 3 heterocycles. The largest absolute Gasteiger partial charge is 0.321 e. The normalized spacial score (nSPS) is 13.5. The molecule has 0 atom stereocenters. The van der Waals surface area contributed by atoms with E-state index < -0.39 is 0 Å². The van der Waals surface area contributed by atoms with Crippen molar-refractivity contribution in [3.05, 3.63) is 71.3 Å². The molecular formula is C22H21N5O. The summed E-state index contributed by atoms with van der Waals surface area (Å²) in [4.78, 5) is 17.4. The summed E-state index contributed by atoms with van der Waals surface area (Å²) in [7, 11) is 0. The quantitative estimate of drug-likeness (QED) is 0.568. The molecule has 0 radical (unpaired) electrons. The minimum absolute atomic E-state index is 0.157. The molecule has 28 heavy (non-hydrogen) atoms. The molecule has 140 valence electrons. The molecule has 6 heteroatoms. The lowest BCUT2D eigenvalue weighted by molar-refractivity contribution is 0.102. The number of H-pyrrole nitrogens is 1. The van der Waals surface area contributed by atoms with E-state index in [9.17, 15) is 4.79 Å². The zero-order valence-corrected chi connectivity index (χ0v) is 15.7. The van der Waals surface area contributed by atoms with E-state index in [2.05, 4.69) is 28.5 Å². The topological polar surface area (TPSA) is 75.1 Å². The molecule has 0 fully saturated rings. The molecule has 1 aromatic carbocycles. The first kappa shape index (κ1) is 16.7. The highest BCUT2D eigenvalue weighted by Crippen LogP contribution is 2.25. The molecule has 0 saturated heterocycles. The number of carbonyl (C=O) groups is 1. The number of nitrogens with zero attached hydrogens (tertiary/aromatic N) is 3. The summed E-state index contributed by atoms with van der Waals surface area (Å²) in [6.45, 7) is 2.05. The van der Waals surface area contributed by atoms with Crippen LogP contribution < -0.4 is 5.32 Å². The van der Waals surface area contributed by atoms with Crippen LogP contribution in [-0.4, -0.2) is 25.5 Å². The number of hydrogen-bond donors (Lipinski definition) is 2. The zero-order chi connectivity index (χ0) is 19.1. The average molecular weight is 371 g/mol. The third-order valence-electron chi connectivity index (χ3n) is 5.39. The lowest BCUT2D eigenvalue weighted by Gasteiger charge is -2.11. The van der Waals surface area contributed by atoms with Crippen molar-refractivity contribution in [2.45, 2.75) is 32.6 Å². The lowest BCUT2D eigenvalue weighted by Crippen LogP contribution is -2.15. The number of imidazole rings is 1. The summed E-state index contributed by atoms with van der Waals surface area (Å²) in [6, 6.07) is 11.8. The summed E-state index contributed by atoms with van der Waals surface area (Å²) in [5.74, 6) is -0.157. The van der Waals surface area contributed by atoms with Crippen LogP contribution in [0.25, 0.3) is 16.9 Å². The molecule has 5 rings (SSSR count). The van der Waals surface area contributed by atoms with Crippen molar-refractivity contribution in [2.24, 2.45) is 0 Å². The Morgan fingerprint density at radius 1 is 1.14 bits per heavy atom. The zero-order valence-electron chi connectivity index (χ0n) is 15.7. The minimum Gasteiger partial charge on any atom is -0.321 e. The third-order valence-corrected chi connectivity index (χ3v) is 5.39. The molecule has 0 saturated carbocycles. The molecule has 0 spiro atoms. The van der Waals surface area contributed by atoms with Gasteiger partial charge in [-0.25, -0.2) is 4.98 Å². The van der Waals surface area contributed by atoms with Crippen LogP contribution in [0.15, 0.2) is 48.8 Å². The van der Waals surface area contributed by atoms with E-state index in [-0.39, 0.29) is 5.91 Å². The molecule has 6 nitrogen and oxygen atoms in total. The van der Waals surface area contributed by atoms with Crippen molar-refractivity contribution in [1.29, 1.82) is 0 Å². The Balaban J connectivity index is 1.37. The van der Waals surface area contributed by atoms with Crippen LogP contribution in [0.5, 0.6) is 0 Å². The van der Waals surface area contributed by atoms with Crippen LogP contribution in [0.1, 0.15) is 40.2 Å². The van der Waals surface area contributed by atoms with Gasteiger partial charge < -0.3 is 9.72 Å². The van der Waals surface area contributed by atoms with Crippen LogP contribution in [-0.2, 0) is 12.8 Å². The summed E-state index contributed by atoms with van der Waals surface area (Å²) in [6.07, 6.45) is 8.17. The highest BCUT2D eigenvalue weighted by atomic mass is 16.1. The third kappa shape index (κ3) is 2.87. The Hall–Kier alpha value is -3.41. The number of carbonyl (C=O) groups excluding carboxylic acids is 1. The Morgan fingerprint density at radius 3 is 2.79 bits per heavy atom. The van der Waals surface area contributed by atoms with Crippen molar-refractivity contribution >= 4 is 17.2 Å². The number of pyridine rings is 1. The van der Waals surface area contributed by atoms with Gasteiger partial charge in [0, 0.05) is 34.9 Å². The van der Waals surface area contributed by atoms with Gasteiger partial charge >= 0.3 is 0 Å². The number of fused-ring (bicyclic) bond motifs is 2. The summed E-state index contributed by atoms with van der Waals surface area (Å²) < 4.78 is 2.03. The van der Waals surface area contributed by atoms with E-state index in [4.69, 9.17) is 4.98 Å². The average Bonchev–Trinajstić information content (AvgIpc) is 3.34. The predicted octanol–water partition coefficient (Wildman–Crippen LogP) is 4.16. The van der Waals surface area contributed by atoms with Crippen molar-refractivity contribution < 1.29 is 4.79 Å². The fourth-order valence-electron chi connectivity index (χ4n) is 3.88. The van der Waals surface area contributed by atoms with Crippen molar-refractivity contribution in [1.82, 2.24) is 19.6 Å². The maximum absolute atomic E-state index is 12.6. The monoisotopic (exact) mass is 371 g/mol. The molecule has 4 aromatic rings. The number of aromatic amines is 1. The van der Waals surface area contributed by atoms with E-state index in [0.29, 0.717) is 5.69 Å². The Labute approximate surface area is 162 Å². The van der Waals surface area contributed by atoms with Gasteiger partial charge in [0.2, 0.25) is 0 Å². The molecular weight excluding hydrogens is 350 g/mol. The van der Waals surface area contributed by atoms with Gasteiger partial charge in [-0.05, 0) is 56.4 Å². The maximum Gasteiger partial charge on any atom is 0.276 e. The van der Waals surface area contributed by atoms with Crippen LogP contribution in [0.3, 0.4) is 0 Å². The fraction of sp³-hybridized carbons (Fsp3) is 0.227. The van der Waals surface area contributed by atoms with E-state index in [1.807, 2.05) is 47.1 Å². The highest BCUT2D eigenvalue weighted by molar-refractivity contribution is 6.04. The van der Waals surface area contributed by atoms with Gasteiger partial charge in [-0.3, -0.25) is 9.89 Å². The lowest BCUT2D eigenvalue weighted by atomic mass is 9.96. The molecule has 0 bridgehead atoms. The molecule has 0 aliphatic heterocycles. The second-order valence-corrected chi connectivity index (χ2v) is 7.32. The predicted molar refractivity (Wildman–Crippen MR) is 109 cm³/mol. The van der Waals surface area contributed by atoms with Crippen molar-refractivity contribution in [3.8, 4) is 11.3 Å². The number of amides is 1. The van der Waals surface area contributed by atoms with Crippen LogP contribution in [0.4, 0.5) is 5.69 Å². The molecule has 1 aliphatic carbocycles. The summed E-state index contributed by atoms with van der Waals surface area (Å²) in [5, 5.41) is 10.2. The second-order valence-electron chi connectivity index (χ2n) is 7.32. The smallest absolute Gasteiger partial charge is 0.276 e. The number of aromatic nitrogens is 4. The number of aryl methyl sites for hydroxylation is 2. The van der Waals surface area contributed by atoms with Crippen molar-refractivity contribution in [3.63, 3.8) is 0 Å². The second kappa shape index (κ2) is 6.64. The number of benzene rings is 1. The number of anilines is 1. The van der Waals surface area contributed by atoms with Crippen molar-refractivity contribution in [2.75, 3.05) is 5.32 Å². The van der Waals surface area contributed by atoms with Gasteiger partial charge in [0.15, 0.2) is 5.69 Å². The maximum atomic E-state index is 12.6. The van der Waals surface area contributed by atoms with Gasteiger partial charge in [0.05, 0.1) is 5.69 Å². The molecule has 2 N–H and O–H groups in total. The molecule has 1 amide bonds. The molecule has 1 aliphatic rings. The van der Waals surface area contributed by atoms with Gasteiger partial charge in [-0.15, -0.1) is 0 Å². The van der Waals surface area contributed by atoms with E-state index in [1.165, 1.54) is 0 Å². The number of rotatable bonds is 3. The number of hydrogen-bond acceptors (Lipinski definition) is 3. The Kier molecular flexibility index (Phi) is 3.97. The molecule has 3 aromatic heterocycles. The molecule has 0 unspecified atom stereocenters. The first-order valence-corrected chi connectivity index (χ1v) is 9.61. The van der Waals surface area contributed by atoms with Gasteiger partial charge in [-0.1, -0.05) is 18.2 Å². The first-order valence-electron chi connectivity index (χ1n) is 9.61. The Bertz CT molecular complexity index is 1170. The van der Waals surface area contributed by atoms with Gasteiger partial charge in [-0.2, -0.15) is 5.10 Å². The van der Waals surface area contributed by atoms with Gasteiger partial charge in [0.1, 0.15) is 5.65 Å². The standard InChI is InChI=1S/C22H21N5O/c1-14-5-4-12-27-13-19(24-21(14)27)15-8-10-16(11-9-15)23-22(28)20-17-6-2-3-7-18(17)25-26-20/h4-5,8-13H,2-3,6-7H2,1H3,(H,23,28)(H,25,26). The van der Waals surface area contributed by atoms with Crippen LogP contribution in [0, 0.1) is 6.92 Å².